The largest absolute Gasteiger partial charge is 0.264 e. The third kappa shape index (κ3) is 1.59. The first-order valence-electron chi connectivity index (χ1n) is 3.93. The van der Waals surface area contributed by atoms with Crippen molar-refractivity contribution in [3.63, 3.8) is 0 Å². The Morgan fingerprint density at radius 1 is 1.55 bits per heavy atom. The van der Waals surface area contributed by atoms with Crippen LogP contribution < -0.4 is 0 Å². The minimum atomic E-state index is -0.459. The monoisotopic (exact) mass is 155 g/mol. The Labute approximate surface area is 66.3 Å². The number of nitrogens with zero attached hydrogens (tertiary/aromatic N) is 1. The molecule has 3 heteroatoms. The van der Waals surface area contributed by atoms with Gasteiger partial charge >= 0.3 is 0 Å². The van der Waals surface area contributed by atoms with Gasteiger partial charge in [0.05, 0.1) is 0 Å². The van der Waals surface area contributed by atoms with Crippen molar-refractivity contribution in [2.45, 2.75) is 26.3 Å². The van der Waals surface area contributed by atoms with E-state index < -0.39 is 6.04 Å². The number of hydrogen-bond donors (Lipinski definition) is 0. The van der Waals surface area contributed by atoms with Gasteiger partial charge in [0.25, 0.3) is 0 Å². The van der Waals surface area contributed by atoms with Crippen LogP contribution in [-0.4, -0.2) is 11.0 Å². The van der Waals surface area contributed by atoms with Gasteiger partial charge in [0.2, 0.25) is 6.04 Å². The standard InChI is InChI=1S/C8H13NO2/c1-6-4-3-5-8(7(6)2)9(10)11/h3,5-8H,4H2,1-2H3. The molecule has 3 atom stereocenters. The molecular weight excluding hydrogens is 142 g/mol. The Balaban J connectivity index is 2.72. The van der Waals surface area contributed by atoms with E-state index in [-0.39, 0.29) is 10.8 Å². The van der Waals surface area contributed by atoms with Crippen LogP contribution in [0.15, 0.2) is 12.2 Å². The van der Waals surface area contributed by atoms with Crippen LogP contribution in [0.25, 0.3) is 0 Å². The highest BCUT2D eigenvalue weighted by molar-refractivity contribution is 4.99. The van der Waals surface area contributed by atoms with E-state index in [0.29, 0.717) is 5.92 Å². The van der Waals surface area contributed by atoms with Gasteiger partial charge < -0.3 is 0 Å². The van der Waals surface area contributed by atoms with Crippen LogP contribution in [0.5, 0.6) is 0 Å². The molecule has 0 aromatic rings. The van der Waals surface area contributed by atoms with Crippen LogP contribution in [0.3, 0.4) is 0 Å². The fraction of sp³-hybridized carbons (Fsp3) is 0.750. The quantitative estimate of drug-likeness (QED) is 0.329. The lowest BCUT2D eigenvalue weighted by Crippen LogP contribution is -2.31. The maximum Gasteiger partial charge on any atom is 0.234 e. The van der Waals surface area contributed by atoms with E-state index in [9.17, 15) is 10.1 Å². The molecule has 0 saturated carbocycles. The number of nitro groups is 1. The van der Waals surface area contributed by atoms with Crippen LogP contribution >= 0.6 is 0 Å². The second kappa shape index (κ2) is 3.03. The van der Waals surface area contributed by atoms with Crippen molar-refractivity contribution in [1.82, 2.24) is 0 Å². The second-order valence-corrected chi connectivity index (χ2v) is 3.28. The summed E-state index contributed by atoms with van der Waals surface area (Å²) in [7, 11) is 0. The summed E-state index contributed by atoms with van der Waals surface area (Å²) in [5.41, 5.74) is 0. The van der Waals surface area contributed by atoms with Gasteiger partial charge in [-0.25, -0.2) is 0 Å². The van der Waals surface area contributed by atoms with Crippen LogP contribution in [0.1, 0.15) is 20.3 Å². The van der Waals surface area contributed by atoms with Gasteiger partial charge in [-0.05, 0) is 18.4 Å². The van der Waals surface area contributed by atoms with Gasteiger partial charge in [0.15, 0.2) is 0 Å². The molecule has 0 aromatic carbocycles. The molecular formula is C8H13NO2. The normalized spacial score (nSPS) is 37.1. The minimum absolute atomic E-state index is 0.176. The zero-order valence-corrected chi connectivity index (χ0v) is 6.86. The van der Waals surface area contributed by atoms with Crippen molar-refractivity contribution < 1.29 is 4.92 Å². The van der Waals surface area contributed by atoms with Crippen molar-refractivity contribution in [3.8, 4) is 0 Å². The van der Waals surface area contributed by atoms with E-state index in [1.54, 1.807) is 6.08 Å². The molecule has 62 valence electrons. The molecule has 1 rings (SSSR count). The summed E-state index contributed by atoms with van der Waals surface area (Å²) in [5, 5.41) is 10.5. The van der Waals surface area contributed by atoms with E-state index in [0.717, 1.165) is 6.42 Å². The third-order valence-electron chi connectivity index (χ3n) is 2.52. The maximum absolute atomic E-state index is 10.5. The van der Waals surface area contributed by atoms with Crippen molar-refractivity contribution in [2.24, 2.45) is 11.8 Å². The van der Waals surface area contributed by atoms with Crippen LogP contribution in [0, 0.1) is 22.0 Å². The maximum atomic E-state index is 10.5. The summed E-state index contributed by atoms with van der Waals surface area (Å²) in [6.07, 6.45) is 4.61. The first kappa shape index (κ1) is 8.24. The van der Waals surface area contributed by atoms with Crippen LogP contribution in [-0.2, 0) is 0 Å². The Morgan fingerprint density at radius 2 is 2.18 bits per heavy atom. The third-order valence-corrected chi connectivity index (χ3v) is 2.52. The molecule has 0 fully saturated rings. The highest BCUT2D eigenvalue weighted by Crippen LogP contribution is 2.26. The molecule has 3 unspecified atom stereocenters. The van der Waals surface area contributed by atoms with E-state index in [1.807, 2.05) is 13.0 Å². The second-order valence-electron chi connectivity index (χ2n) is 3.28. The lowest BCUT2D eigenvalue weighted by atomic mass is 9.83. The minimum Gasteiger partial charge on any atom is -0.264 e. The first-order chi connectivity index (χ1) is 5.13. The van der Waals surface area contributed by atoms with Gasteiger partial charge in [0, 0.05) is 10.8 Å². The predicted octanol–water partition coefficient (Wildman–Crippen LogP) is 1.86. The molecule has 0 heterocycles. The molecule has 1 aliphatic carbocycles. The number of allylic oxidation sites excluding steroid dienone is 1. The van der Waals surface area contributed by atoms with Crippen molar-refractivity contribution >= 4 is 0 Å². The number of hydrogen-bond acceptors (Lipinski definition) is 2. The first-order valence-corrected chi connectivity index (χ1v) is 3.93. The van der Waals surface area contributed by atoms with Crippen LogP contribution in [0.4, 0.5) is 0 Å². The summed E-state index contributed by atoms with van der Waals surface area (Å²) in [4.78, 5) is 10.3. The average molecular weight is 155 g/mol. The smallest absolute Gasteiger partial charge is 0.234 e. The van der Waals surface area contributed by atoms with E-state index in [1.165, 1.54) is 0 Å². The molecule has 0 spiro atoms. The molecule has 1 aliphatic rings. The van der Waals surface area contributed by atoms with Crippen LogP contribution in [0.2, 0.25) is 0 Å². The molecule has 0 amide bonds. The van der Waals surface area contributed by atoms with Crippen molar-refractivity contribution in [2.75, 3.05) is 0 Å². The van der Waals surface area contributed by atoms with E-state index in [2.05, 4.69) is 6.92 Å². The van der Waals surface area contributed by atoms with E-state index in [4.69, 9.17) is 0 Å². The molecule has 0 N–H and O–H groups in total. The van der Waals surface area contributed by atoms with Gasteiger partial charge in [-0.15, -0.1) is 0 Å². The van der Waals surface area contributed by atoms with Gasteiger partial charge in [-0.2, -0.15) is 0 Å². The lowest BCUT2D eigenvalue weighted by molar-refractivity contribution is -0.520. The topological polar surface area (TPSA) is 43.1 Å². The van der Waals surface area contributed by atoms with Crippen molar-refractivity contribution in [1.29, 1.82) is 0 Å². The Morgan fingerprint density at radius 3 is 2.64 bits per heavy atom. The molecule has 3 nitrogen and oxygen atoms in total. The van der Waals surface area contributed by atoms with Gasteiger partial charge in [-0.3, -0.25) is 10.1 Å². The molecule has 0 aliphatic heterocycles. The summed E-state index contributed by atoms with van der Waals surface area (Å²) in [6.45, 7) is 4.01. The molecule has 0 bridgehead atoms. The van der Waals surface area contributed by atoms with Crippen molar-refractivity contribution in [3.05, 3.63) is 22.3 Å². The fourth-order valence-electron chi connectivity index (χ4n) is 1.42. The van der Waals surface area contributed by atoms with Gasteiger partial charge in [0.1, 0.15) is 0 Å². The Kier molecular flexibility index (Phi) is 2.27. The molecule has 11 heavy (non-hydrogen) atoms. The Hall–Kier alpha value is -0.860. The zero-order valence-electron chi connectivity index (χ0n) is 6.86. The Bertz CT molecular complexity index is 189. The average Bonchev–Trinajstić information content (AvgIpc) is 1.94. The summed E-state index contributed by atoms with van der Waals surface area (Å²) in [6, 6.07) is -0.459. The summed E-state index contributed by atoms with van der Waals surface area (Å²) < 4.78 is 0. The molecule has 0 radical (unpaired) electrons. The predicted molar refractivity (Wildman–Crippen MR) is 42.9 cm³/mol. The summed E-state index contributed by atoms with van der Waals surface area (Å²) >= 11 is 0. The van der Waals surface area contributed by atoms with E-state index >= 15 is 0 Å². The SMILES string of the molecule is CC1CC=CC([N+](=O)[O-])C1C. The zero-order chi connectivity index (χ0) is 8.43. The lowest BCUT2D eigenvalue weighted by Gasteiger charge is -2.23. The molecule has 0 saturated heterocycles. The molecule has 0 aromatic heterocycles. The van der Waals surface area contributed by atoms with Gasteiger partial charge in [-0.1, -0.05) is 19.9 Å². The highest BCUT2D eigenvalue weighted by Gasteiger charge is 2.31. The fourth-order valence-corrected chi connectivity index (χ4v) is 1.42. The summed E-state index contributed by atoms with van der Waals surface area (Å²) in [5.74, 6) is 0.616. The highest BCUT2D eigenvalue weighted by atomic mass is 16.6. The number of rotatable bonds is 1.